The van der Waals surface area contributed by atoms with E-state index in [1.54, 1.807) is 23.6 Å². The smallest absolute Gasteiger partial charge is 0.115 e. The van der Waals surface area contributed by atoms with Crippen LogP contribution in [0.3, 0.4) is 0 Å². The number of nitrogens with zero attached hydrogens (tertiary/aromatic N) is 1. The predicted molar refractivity (Wildman–Crippen MR) is 81.5 cm³/mol. The van der Waals surface area contributed by atoms with Crippen LogP contribution in [0, 0.1) is 0 Å². The van der Waals surface area contributed by atoms with E-state index < -0.39 is 0 Å². The van der Waals surface area contributed by atoms with Crippen LogP contribution in [-0.4, -0.2) is 9.97 Å². The zero-order valence-electron chi connectivity index (χ0n) is 9.68. The summed E-state index contributed by atoms with van der Waals surface area (Å²) in [7, 11) is 0. The molecular weight excluding hydrogens is 286 g/mol. The number of halogens is 1. The van der Waals surface area contributed by atoms with E-state index in [1.165, 1.54) is 0 Å². The SMILES string of the molecule is CC(Nc1cccc(Cl)c1C(N)=S)c1nccs1. The molecule has 0 aliphatic rings. The summed E-state index contributed by atoms with van der Waals surface area (Å²) in [6.07, 6.45) is 1.78. The van der Waals surface area contributed by atoms with Crippen LogP contribution < -0.4 is 11.1 Å². The van der Waals surface area contributed by atoms with E-state index in [4.69, 9.17) is 29.6 Å². The normalized spacial score (nSPS) is 12.1. The van der Waals surface area contributed by atoms with Crippen molar-refractivity contribution in [3.63, 3.8) is 0 Å². The molecule has 0 aliphatic heterocycles. The molecular formula is C12H12ClN3S2. The van der Waals surface area contributed by atoms with E-state index in [0.29, 0.717) is 10.6 Å². The maximum atomic E-state index is 6.11. The van der Waals surface area contributed by atoms with Crippen molar-refractivity contribution < 1.29 is 0 Å². The zero-order valence-corrected chi connectivity index (χ0v) is 12.1. The number of hydrogen-bond acceptors (Lipinski definition) is 4. The van der Waals surface area contributed by atoms with Crippen LogP contribution in [0.2, 0.25) is 5.02 Å². The van der Waals surface area contributed by atoms with Crippen molar-refractivity contribution in [1.29, 1.82) is 0 Å². The Morgan fingerprint density at radius 1 is 1.56 bits per heavy atom. The summed E-state index contributed by atoms with van der Waals surface area (Å²) in [4.78, 5) is 4.55. The first-order valence-electron chi connectivity index (χ1n) is 5.34. The minimum absolute atomic E-state index is 0.0802. The maximum absolute atomic E-state index is 6.11. The third-order valence-corrected chi connectivity index (χ3v) is 3.93. The van der Waals surface area contributed by atoms with Gasteiger partial charge in [0, 0.05) is 17.3 Å². The van der Waals surface area contributed by atoms with Gasteiger partial charge in [0.1, 0.15) is 10.00 Å². The molecule has 94 valence electrons. The van der Waals surface area contributed by atoms with Crippen molar-refractivity contribution in [3.8, 4) is 0 Å². The number of benzene rings is 1. The first kappa shape index (κ1) is 13.3. The summed E-state index contributed by atoms with van der Waals surface area (Å²) in [5.74, 6) is 0. The monoisotopic (exact) mass is 297 g/mol. The minimum Gasteiger partial charge on any atom is -0.389 e. The summed E-state index contributed by atoms with van der Waals surface area (Å²) < 4.78 is 0. The van der Waals surface area contributed by atoms with E-state index in [9.17, 15) is 0 Å². The fourth-order valence-corrected chi connectivity index (χ4v) is 2.84. The molecule has 6 heteroatoms. The van der Waals surface area contributed by atoms with E-state index in [0.717, 1.165) is 10.7 Å². The lowest BCUT2D eigenvalue weighted by atomic mass is 10.1. The van der Waals surface area contributed by atoms with Crippen LogP contribution in [0.15, 0.2) is 29.8 Å². The molecule has 0 fully saturated rings. The van der Waals surface area contributed by atoms with E-state index in [-0.39, 0.29) is 11.0 Å². The Morgan fingerprint density at radius 3 is 2.94 bits per heavy atom. The number of nitrogens with two attached hydrogens (primary N) is 1. The minimum atomic E-state index is 0.0802. The van der Waals surface area contributed by atoms with Crippen LogP contribution in [0.4, 0.5) is 5.69 Å². The second-order valence-electron chi connectivity index (χ2n) is 3.76. The van der Waals surface area contributed by atoms with Gasteiger partial charge in [-0.15, -0.1) is 11.3 Å². The van der Waals surface area contributed by atoms with Gasteiger partial charge in [-0.2, -0.15) is 0 Å². The van der Waals surface area contributed by atoms with Crippen molar-refractivity contribution in [2.45, 2.75) is 13.0 Å². The zero-order chi connectivity index (χ0) is 13.1. The first-order chi connectivity index (χ1) is 8.59. The van der Waals surface area contributed by atoms with Gasteiger partial charge in [0.25, 0.3) is 0 Å². The Balaban J connectivity index is 2.29. The average Bonchev–Trinajstić information content (AvgIpc) is 2.81. The Kier molecular flexibility index (Phi) is 4.16. The molecule has 0 spiro atoms. The quantitative estimate of drug-likeness (QED) is 0.847. The summed E-state index contributed by atoms with van der Waals surface area (Å²) >= 11 is 12.7. The van der Waals surface area contributed by atoms with Crippen molar-refractivity contribution in [2.24, 2.45) is 5.73 Å². The van der Waals surface area contributed by atoms with Gasteiger partial charge in [-0.1, -0.05) is 29.9 Å². The fraction of sp³-hybridized carbons (Fsp3) is 0.167. The van der Waals surface area contributed by atoms with Crippen LogP contribution in [0.5, 0.6) is 0 Å². The van der Waals surface area contributed by atoms with Gasteiger partial charge in [-0.25, -0.2) is 4.98 Å². The summed E-state index contributed by atoms with van der Waals surface area (Å²) in [6, 6.07) is 5.62. The molecule has 0 amide bonds. The van der Waals surface area contributed by atoms with Gasteiger partial charge in [-0.3, -0.25) is 0 Å². The molecule has 1 unspecified atom stereocenters. The number of anilines is 1. The predicted octanol–water partition coefficient (Wildman–Crippen LogP) is 3.60. The van der Waals surface area contributed by atoms with Crippen LogP contribution in [0.1, 0.15) is 23.5 Å². The molecule has 0 aliphatic carbocycles. The standard InChI is InChI=1S/C12H12ClN3S2/c1-7(12-15-5-6-18-12)16-9-4-2-3-8(13)10(9)11(14)17/h2-7,16H,1H3,(H2,14,17). The highest BCUT2D eigenvalue weighted by atomic mass is 35.5. The molecule has 2 aromatic rings. The Labute approximate surface area is 120 Å². The Bertz CT molecular complexity index is 554. The highest BCUT2D eigenvalue weighted by molar-refractivity contribution is 7.80. The second-order valence-corrected chi connectivity index (χ2v) is 5.54. The lowest BCUT2D eigenvalue weighted by Gasteiger charge is -2.16. The van der Waals surface area contributed by atoms with Crippen molar-refractivity contribution in [3.05, 3.63) is 45.4 Å². The molecule has 0 radical (unpaired) electrons. The van der Waals surface area contributed by atoms with Gasteiger partial charge in [0.05, 0.1) is 16.6 Å². The van der Waals surface area contributed by atoms with Gasteiger partial charge in [0.2, 0.25) is 0 Å². The molecule has 3 N–H and O–H groups in total. The summed E-state index contributed by atoms with van der Waals surface area (Å²) in [6.45, 7) is 2.03. The van der Waals surface area contributed by atoms with E-state index in [2.05, 4.69) is 10.3 Å². The topological polar surface area (TPSA) is 50.9 Å². The van der Waals surface area contributed by atoms with Crippen LogP contribution >= 0.6 is 35.2 Å². The number of hydrogen-bond donors (Lipinski definition) is 2. The molecule has 18 heavy (non-hydrogen) atoms. The van der Waals surface area contributed by atoms with E-state index >= 15 is 0 Å². The molecule has 2 rings (SSSR count). The maximum Gasteiger partial charge on any atom is 0.115 e. The highest BCUT2D eigenvalue weighted by Crippen LogP contribution is 2.28. The molecule has 1 heterocycles. The molecule has 1 atom stereocenters. The Hall–Kier alpha value is -1.17. The first-order valence-corrected chi connectivity index (χ1v) is 7.00. The molecule has 1 aromatic heterocycles. The molecule has 3 nitrogen and oxygen atoms in total. The van der Waals surface area contributed by atoms with Crippen molar-refractivity contribution >= 4 is 45.8 Å². The largest absolute Gasteiger partial charge is 0.389 e. The summed E-state index contributed by atoms with van der Waals surface area (Å²) in [5.41, 5.74) is 7.21. The van der Waals surface area contributed by atoms with Gasteiger partial charge >= 0.3 is 0 Å². The highest BCUT2D eigenvalue weighted by Gasteiger charge is 2.13. The number of thiazole rings is 1. The fourth-order valence-electron chi connectivity index (χ4n) is 1.64. The van der Waals surface area contributed by atoms with Crippen molar-refractivity contribution in [2.75, 3.05) is 5.32 Å². The van der Waals surface area contributed by atoms with Gasteiger partial charge < -0.3 is 11.1 Å². The molecule has 1 aromatic carbocycles. The van der Waals surface area contributed by atoms with E-state index in [1.807, 2.05) is 24.4 Å². The Morgan fingerprint density at radius 2 is 2.33 bits per heavy atom. The molecule has 0 saturated heterocycles. The number of thiocarbonyl (C=S) groups is 1. The number of aromatic nitrogens is 1. The molecule has 0 bridgehead atoms. The molecule has 0 saturated carbocycles. The third kappa shape index (κ3) is 2.80. The lowest BCUT2D eigenvalue weighted by molar-refractivity contribution is 0.869. The van der Waals surface area contributed by atoms with Crippen LogP contribution in [-0.2, 0) is 0 Å². The van der Waals surface area contributed by atoms with Crippen molar-refractivity contribution in [1.82, 2.24) is 4.98 Å². The van der Waals surface area contributed by atoms with Gasteiger partial charge in [-0.05, 0) is 19.1 Å². The lowest BCUT2D eigenvalue weighted by Crippen LogP contribution is -2.15. The average molecular weight is 298 g/mol. The number of nitrogens with one attached hydrogen (secondary N) is 1. The number of rotatable bonds is 4. The van der Waals surface area contributed by atoms with Crippen LogP contribution in [0.25, 0.3) is 0 Å². The van der Waals surface area contributed by atoms with Gasteiger partial charge in [0.15, 0.2) is 0 Å². The summed E-state index contributed by atoms with van der Waals surface area (Å²) in [5, 5.41) is 6.83. The second kappa shape index (κ2) is 5.65. The third-order valence-electron chi connectivity index (χ3n) is 2.45.